The Morgan fingerprint density at radius 2 is 2.44 bits per heavy atom. The summed E-state index contributed by atoms with van der Waals surface area (Å²) in [5.74, 6) is 0.173. The molecule has 98 valence electrons. The van der Waals surface area contributed by atoms with E-state index >= 15 is 0 Å². The van der Waals surface area contributed by atoms with Crippen LogP contribution in [0.2, 0.25) is 0 Å². The number of hydrogen-bond donors (Lipinski definition) is 0. The lowest BCUT2D eigenvalue weighted by atomic mass is 9.74. The van der Waals surface area contributed by atoms with Crippen LogP contribution in [0.1, 0.15) is 61.8 Å². The molecule has 1 unspecified atom stereocenters. The van der Waals surface area contributed by atoms with E-state index in [1.165, 1.54) is 19.3 Å². The summed E-state index contributed by atoms with van der Waals surface area (Å²) < 4.78 is 7.90. The second kappa shape index (κ2) is 4.50. The normalized spacial score (nSPS) is 25.9. The van der Waals surface area contributed by atoms with Crippen molar-refractivity contribution in [2.24, 2.45) is 0 Å². The summed E-state index contributed by atoms with van der Waals surface area (Å²) in [6, 6.07) is 0.400. The van der Waals surface area contributed by atoms with E-state index in [0.29, 0.717) is 12.5 Å². The van der Waals surface area contributed by atoms with Gasteiger partial charge in [0.2, 0.25) is 0 Å². The van der Waals surface area contributed by atoms with Gasteiger partial charge >= 0.3 is 0 Å². The lowest BCUT2D eigenvalue weighted by Crippen LogP contribution is -2.46. The van der Waals surface area contributed by atoms with Crippen LogP contribution in [0.25, 0.3) is 0 Å². The van der Waals surface area contributed by atoms with E-state index in [2.05, 4.69) is 5.10 Å². The molecule has 2 aliphatic rings. The molecule has 0 bridgehead atoms. The Labute approximate surface area is 107 Å². The van der Waals surface area contributed by atoms with Crippen LogP contribution in [0.5, 0.6) is 0 Å². The molecule has 1 saturated carbocycles. The van der Waals surface area contributed by atoms with Crippen LogP contribution in [0.15, 0.2) is 12.4 Å². The van der Waals surface area contributed by atoms with E-state index < -0.39 is 0 Å². The first-order valence-electron chi connectivity index (χ1n) is 6.94. The minimum atomic E-state index is 0.129. The highest BCUT2D eigenvalue weighted by Gasteiger charge is 2.43. The summed E-state index contributed by atoms with van der Waals surface area (Å²) in [7, 11) is 0. The van der Waals surface area contributed by atoms with E-state index in [-0.39, 0.29) is 11.4 Å². The molecule has 4 nitrogen and oxygen atoms in total. The number of Topliss-reactive ketones (excluding diaryl/α,β-unsaturated/α-hetero) is 1. The fourth-order valence-corrected chi connectivity index (χ4v) is 3.03. The lowest BCUT2D eigenvalue weighted by Gasteiger charge is -2.47. The van der Waals surface area contributed by atoms with Gasteiger partial charge in [-0.1, -0.05) is 6.92 Å². The molecule has 1 aliphatic carbocycles. The molecule has 3 rings (SSSR count). The second-order valence-corrected chi connectivity index (χ2v) is 5.52. The van der Waals surface area contributed by atoms with Gasteiger partial charge in [-0.25, -0.2) is 0 Å². The molecule has 0 N–H and O–H groups in total. The van der Waals surface area contributed by atoms with E-state index in [1.807, 2.05) is 17.8 Å². The maximum atomic E-state index is 11.6. The van der Waals surface area contributed by atoms with Crippen molar-refractivity contribution in [2.75, 3.05) is 6.61 Å². The van der Waals surface area contributed by atoms with Crippen molar-refractivity contribution >= 4 is 5.78 Å². The molecular formula is C14H20N2O2. The molecule has 1 atom stereocenters. The second-order valence-electron chi connectivity index (χ2n) is 5.52. The van der Waals surface area contributed by atoms with E-state index in [9.17, 15) is 4.79 Å². The number of ether oxygens (including phenoxy) is 1. The molecule has 4 heteroatoms. The van der Waals surface area contributed by atoms with Gasteiger partial charge in [0.15, 0.2) is 5.78 Å². The molecule has 2 fully saturated rings. The van der Waals surface area contributed by atoms with Crippen LogP contribution in [0.4, 0.5) is 0 Å². The monoisotopic (exact) mass is 248 g/mol. The highest BCUT2D eigenvalue weighted by Crippen LogP contribution is 2.45. The smallest absolute Gasteiger partial charge is 0.165 e. The van der Waals surface area contributed by atoms with E-state index in [4.69, 9.17) is 4.74 Å². The summed E-state index contributed by atoms with van der Waals surface area (Å²) >= 11 is 0. The summed E-state index contributed by atoms with van der Waals surface area (Å²) in [4.78, 5) is 11.6. The highest BCUT2D eigenvalue weighted by molar-refractivity contribution is 5.95. The van der Waals surface area contributed by atoms with Gasteiger partial charge < -0.3 is 4.74 Å². The fourth-order valence-electron chi connectivity index (χ4n) is 3.03. The van der Waals surface area contributed by atoms with Gasteiger partial charge in [-0.2, -0.15) is 5.10 Å². The van der Waals surface area contributed by atoms with Crippen LogP contribution in [0, 0.1) is 0 Å². The maximum Gasteiger partial charge on any atom is 0.165 e. The van der Waals surface area contributed by atoms with Gasteiger partial charge in [0.1, 0.15) is 0 Å². The first-order valence-corrected chi connectivity index (χ1v) is 6.94. The standard InChI is InChI=1S/C14H20N2O2/c1-2-13(17)11-9-15-16(10-11)12-4-7-18-14(8-12)5-3-6-14/h9-10,12H,2-8H2,1H3. The average molecular weight is 248 g/mol. The van der Waals surface area contributed by atoms with Crippen molar-refractivity contribution in [3.63, 3.8) is 0 Å². The molecule has 18 heavy (non-hydrogen) atoms. The molecule has 1 saturated heterocycles. The number of carbonyl (C=O) groups is 1. The molecule has 1 spiro atoms. The van der Waals surface area contributed by atoms with Crippen molar-refractivity contribution in [1.29, 1.82) is 0 Å². The molecule has 0 aromatic carbocycles. The largest absolute Gasteiger partial charge is 0.375 e. The maximum absolute atomic E-state index is 11.6. The van der Waals surface area contributed by atoms with Gasteiger partial charge in [-0.15, -0.1) is 0 Å². The van der Waals surface area contributed by atoms with Crippen LogP contribution >= 0.6 is 0 Å². The van der Waals surface area contributed by atoms with Crippen molar-refractivity contribution in [2.45, 2.75) is 57.1 Å². The Morgan fingerprint density at radius 1 is 1.61 bits per heavy atom. The van der Waals surface area contributed by atoms with Crippen molar-refractivity contribution in [1.82, 2.24) is 9.78 Å². The number of nitrogens with zero attached hydrogens (tertiary/aromatic N) is 2. The summed E-state index contributed by atoms with van der Waals surface area (Å²) in [5, 5.41) is 4.37. The Hall–Kier alpha value is -1.16. The van der Waals surface area contributed by atoms with Gasteiger partial charge in [0.05, 0.1) is 23.4 Å². The Morgan fingerprint density at radius 3 is 3.11 bits per heavy atom. The number of rotatable bonds is 3. The first kappa shape index (κ1) is 11.9. The minimum absolute atomic E-state index is 0.129. The molecule has 0 radical (unpaired) electrons. The molecule has 2 heterocycles. The van der Waals surface area contributed by atoms with Gasteiger partial charge in [0, 0.05) is 19.2 Å². The van der Waals surface area contributed by atoms with E-state index in [0.717, 1.165) is 25.0 Å². The molecule has 1 aromatic heterocycles. The zero-order valence-corrected chi connectivity index (χ0v) is 10.9. The van der Waals surface area contributed by atoms with Crippen LogP contribution in [0.3, 0.4) is 0 Å². The molecule has 0 amide bonds. The molecule has 1 aromatic rings. The van der Waals surface area contributed by atoms with Crippen molar-refractivity contribution in [3.05, 3.63) is 18.0 Å². The van der Waals surface area contributed by atoms with Crippen LogP contribution in [-0.4, -0.2) is 27.8 Å². The molecule has 1 aliphatic heterocycles. The predicted molar refractivity (Wildman–Crippen MR) is 67.7 cm³/mol. The van der Waals surface area contributed by atoms with Crippen LogP contribution < -0.4 is 0 Å². The summed E-state index contributed by atoms with van der Waals surface area (Å²) in [5.41, 5.74) is 0.871. The molecular weight excluding hydrogens is 228 g/mol. The van der Waals surface area contributed by atoms with Crippen molar-refractivity contribution in [3.8, 4) is 0 Å². The van der Waals surface area contributed by atoms with E-state index in [1.54, 1.807) is 6.20 Å². The Bertz CT molecular complexity index is 448. The Balaban J connectivity index is 1.74. The average Bonchev–Trinajstić information content (AvgIpc) is 2.86. The number of hydrogen-bond acceptors (Lipinski definition) is 3. The summed E-state index contributed by atoms with van der Waals surface area (Å²) in [6.45, 7) is 2.71. The number of ketones is 1. The zero-order valence-electron chi connectivity index (χ0n) is 10.9. The third-order valence-electron chi connectivity index (χ3n) is 4.35. The zero-order chi connectivity index (χ0) is 12.6. The minimum Gasteiger partial charge on any atom is -0.375 e. The third kappa shape index (κ3) is 1.99. The number of aromatic nitrogens is 2. The quantitative estimate of drug-likeness (QED) is 0.772. The van der Waals surface area contributed by atoms with Gasteiger partial charge in [-0.3, -0.25) is 9.48 Å². The fraction of sp³-hybridized carbons (Fsp3) is 0.714. The third-order valence-corrected chi connectivity index (χ3v) is 4.35. The van der Waals surface area contributed by atoms with Crippen LogP contribution in [-0.2, 0) is 4.74 Å². The van der Waals surface area contributed by atoms with Gasteiger partial charge in [-0.05, 0) is 32.1 Å². The SMILES string of the molecule is CCC(=O)c1cnn(C2CCOC3(CCC3)C2)c1. The predicted octanol–water partition coefficient (Wildman–Crippen LogP) is 2.75. The summed E-state index contributed by atoms with van der Waals surface area (Å²) in [6.07, 6.45) is 9.87. The number of carbonyl (C=O) groups excluding carboxylic acids is 1. The van der Waals surface area contributed by atoms with Gasteiger partial charge in [0.25, 0.3) is 0 Å². The van der Waals surface area contributed by atoms with Crippen molar-refractivity contribution < 1.29 is 9.53 Å². The highest BCUT2D eigenvalue weighted by atomic mass is 16.5. The Kier molecular flexibility index (Phi) is 2.98. The first-order chi connectivity index (χ1) is 8.72. The topological polar surface area (TPSA) is 44.1 Å². The lowest BCUT2D eigenvalue weighted by molar-refractivity contribution is -0.141.